The minimum Gasteiger partial charge on any atom is -0.321 e. The molecule has 2 aromatic heterocycles. The molecule has 4 rings (SSSR count). The van der Waals surface area contributed by atoms with E-state index >= 15 is 0 Å². The number of hydrogen-bond donors (Lipinski definition) is 2. The Hall–Kier alpha value is -2.97. The fourth-order valence-electron chi connectivity index (χ4n) is 2.56. The number of H-pyrrole nitrogens is 1. The van der Waals surface area contributed by atoms with Gasteiger partial charge in [-0.25, -0.2) is 13.4 Å². The molecule has 130 valence electrons. The average Bonchev–Trinajstić information content (AvgIpc) is 3.09. The highest BCUT2D eigenvalue weighted by Gasteiger charge is 2.17. The van der Waals surface area contributed by atoms with Crippen LogP contribution in [0.5, 0.6) is 0 Å². The van der Waals surface area contributed by atoms with E-state index in [9.17, 15) is 13.2 Å². The summed E-state index contributed by atoms with van der Waals surface area (Å²) in [6, 6.07) is 17.2. The summed E-state index contributed by atoms with van der Waals surface area (Å²) < 4.78 is 27.2. The van der Waals surface area contributed by atoms with Crippen molar-refractivity contribution in [2.45, 2.75) is 4.90 Å². The molecule has 0 spiro atoms. The van der Waals surface area contributed by atoms with Gasteiger partial charge in [0.2, 0.25) is 0 Å². The van der Waals surface area contributed by atoms with E-state index in [2.05, 4.69) is 14.7 Å². The van der Waals surface area contributed by atoms with Crippen molar-refractivity contribution in [2.75, 3.05) is 4.72 Å². The van der Waals surface area contributed by atoms with Gasteiger partial charge in [0.1, 0.15) is 0 Å². The predicted octanol–water partition coefficient (Wildman–Crippen LogP) is 3.45. The monoisotopic (exact) mass is 383 g/mol. The standard InChI is InChI=1S/C18H13N3O3S2/c22-17-14(10-12-6-4-5-9-15(12)19-17)16-11-25-18(20-16)21-26(23,24)13-7-2-1-3-8-13/h1-11H,(H,19,22)(H,20,21). The third-order valence-corrected chi connectivity index (χ3v) is 6.05. The summed E-state index contributed by atoms with van der Waals surface area (Å²) in [7, 11) is -3.72. The molecule has 8 heteroatoms. The molecule has 2 N–H and O–H groups in total. The zero-order valence-electron chi connectivity index (χ0n) is 13.3. The quantitative estimate of drug-likeness (QED) is 0.565. The van der Waals surface area contributed by atoms with E-state index in [1.54, 1.807) is 29.6 Å². The number of sulfonamides is 1. The van der Waals surface area contributed by atoms with Crippen LogP contribution in [0.3, 0.4) is 0 Å². The molecule has 26 heavy (non-hydrogen) atoms. The third-order valence-electron chi connectivity index (χ3n) is 3.81. The number of nitrogens with one attached hydrogen (secondary N) is 2. The van der Waals surface area contributed by atoms with Crippen LogP contribution < -0.4 is 10.3 Å². The summed E-state index contributed by atoms with van der Waals surface area (Å²) in [6.07, 6.45) is 0. The Morgan fingerprint density at radius 1 is 1.00 bits per heavy atom. The molecule has 0 bridgehead atoms. The first-order valence-electron chi connectivity index (χ1n) is 7.69. The van der Waals surface area contributed by atoms with Crippen molar-refractivity contribution < 1.29 is 8.42 Å². The van der Waals surface area contributed by atoms with Crippen LogP contribution in [0.1, 0.15) is 0 Å². The molecule has 0 amide bonds. The summed E-state index contributed by atoms with van der Waals surface area (Å²) in [5, 5.41) is 2.74. The minimum atomic E-state index is -3.72. The van der Waals surface area contributed by atoms with Crippen LogP contribution in [0.25, 0.3) is 22.2 Å². The van der Waals surface area contributed by atoms with Gasteiger partial charge in [-0.2, -0.15) is 0 Å². The molecule has 6 nitrogen and oxygen atoms in total. The molecule has 0 aliphatic rings. The van der Waals surface area contributed by atoms with Crippen molar-refractivity contribution >= 4 is 37.4 Å². The normalized spacial score (nSPS) is 11.5. The largest absolute Gasteiger partial charge is 0.321 e. The SMILES string of the molecule is O=c1[nH]c2ccccc2cc1-c1csc(NS(=O)(=O)c2ccccc2)n1. The van der Waals surface area contributed by atoms with Crippen LogP contribution in [0, 0.1) is 0 Å². The van der Waals surface area contributed by atoms with E-state index in [4.69, 9.17) is 0 Å². The molecule has 2 heterocycles. The van der Waals surface area contributed by atoms with Crippen LogP contribution in [0.15, 0.2) is 75.7 Å². The van der Waals surface area contributed by atoms with Crippen LogP contribution in [0.2, 0.25) is 0 Å². The zero-order chi connectivity index (χ0) is 18.1. The smallest absolute Gasteiger partial charge is 0.263 e. The van der Waals surface area contributed by atoms with Crippen LogP contribution >= 0.6 is 11.3 Å². The fraction of sp³-hybridized carbons (Fsp3) is 0. The zero-order valence-corrected chi connectivity index (χ0v) is 15.0. The summed E-state index contributed by atoms with van der Waals surface area (Å²) in [4.78, 5) is 19.6. The fourth-order valence-corrected chi connectivity index (χ4v) is 4.54. The van der Waals surface area contributed by atoms with Crippen molar-refractivity contribution in [3.05, 3.63) is 76.4 Å². The number of aromatic amines is 1. The van der Waals surface area contributed by atoms with Crippen LogP contribution in [-0.4, -0.2) is 18.4 Å². The van der Waals surface area contributed by atoms with Crippen molar-refractivity contribution in [3.8, 4) is 11.3 Å². The Kier molecular flexibility index (Phi) is 4.06. The predicted molar refractivity (Wildman–Crippen MR) is 103 cm³/mol. The van der Waals surface area contributed by atoms with Crippen molar-refractivity contribution in [1.29, 1.82) is 0 Å². The molecule has 0 fully saturated rings. The van der Waals surface area contributed by atoms with E-state index < -0.39 is 10.0 Å². The molecule has 0 saturated carbocycles. The van der Waals surface area contributed by atoms with Gasteiger partial charge >= 0.3 is 0 Å². The number of nitrogens with zero attached hydrogens (tertiary/aromatic N) is 1. The van der Waals surface area contributed by atoms with Gasteiger partial charge in [0.25, 0.3) is 15.6 Å². The van der Waals surface area contributed by atoms with E-state index in [0.717, 1.165) is 22.2 Å². The van der Waals surface area contributed by atoms with E-state index in [-0.39, 0.29) is 15.6 Å². The Morgan fingerprint density at radius 2 is 1.73 bits per heavy atom. The maximum Gasteiger partial charge on any atom is 0.263 e. The number of benzene rings is 2. The topological polar surface area (TPSA) is 91.9 Å². The highest BCUT2D eigenvalue weighted by Crippen LogP contribution is 2.26. The molecule has 2 aromatic carbocycles. The number of hydrogen-bond acceptors (Lipinski definition) is 5. The Bertz CT molecular complexity index is 1250. The summed E-state index contributed by atoms with van der Waals surface area (Å²) in [5.74, 6) is 0. The maximum absolute atomic E-state index is 12.4. The summed E-state index contributed by atoms with van der Waals surface area (Å²) in [5.41, 5.74) is 1.28. The number of rotatable bonds is 4. The molecular formula is C18H13N3O3S2. The second-order valence-electron chi connectivity index (χ2n) is 5.56. The Morgan fingerprint density at radius 3 is 2.54 bits per heavy atom. The van der Waals surface area contributed by atoms with E-state index in [0.29, 0.717) is 11.3 Å². The van der Waals surface area contributed by atoms with Gasteiger partial charge in [0.15, 0.2) is 5.13 Å². The first-order valence-corrected chi connectivity index (χ1v) is 10.0. The number of fused-ring (bicyclic) bond motifs is 1. The molecule has 0 radical (unpaired) electrons. The van der Waals surface area contributed by atoms with Crippen LogP contribution in [-0.2, 0) is 10.0 Å². The lowest BCUT2D eigenvalue weighted by Gasteiger charge is -2.04. The van der Waals surface area contributed by atoms with Gasteiger partial charge in [-0.05, 0) is 29.7 Å². The first kappa shape index (κ1) is 16.5. The van der Waals surface area contributed by atoms with Gasteiger partial charge in [-0.3, -0.25) is 9.52 Å². The number of pyridine rings is 1. The lowest BCUT2D eigenvalue weighted by Crippen LogP contribution is -2.13. The lowest BCUT2D eigenvalue weighted by molar-refractivity contribution is 0.601. The summed E-state index contributed by atoms with van der Waals surface area (Å²) >= 11 is 1.13. The van der Waals surface area contributed by atoms with Crippen molar-refractivity contribution in [1.82, 2.24) is 9.97 Å². The molecule has 0 unspecified atom stereocenters. The molecular weight excluding hydrogens is 370 g/mol. The average molecular weight is 383 g/mol. The van der Waals surface area contributed by atoms with Gasteiger partial charge in [0.05, 0.1) is 16.2 Å². The second kappa shape index (κ2) is 6.40. The second-order valence-corrected chi connectivity index (χ2v) is 8.10. The van der Waals surface area contributed by atoms with Crippen LogP contribution in [0.4, 0.5) is 5.13 Å². The number of para-hydroxylation sites is 1. The number of aromatic nitrogens is 2. The maximum atomic E-state index is 12.4. The van der Waals surface area contributed by atoms with Gasteiger partial charge in [-0.15, -0.1) is 11.3 Å². The van der Waals surface area contributed by atoms with E-state index in [1.807, 2.05) is 24.3 Å². The van der Waals surface area contributed by atoms with Crippen molar-refractivity contribution in [3.63, 3.8) is 0 Å². The molecule has 4 aromatic rings. The van der Waals surface area contributed by atoms with Crippen molar-refractivity contribution in [2.24, 2.45) is 0 Å². The van der Waals surface area contributed by atoms with Gasteiger partial charge in [-0.1, -0.05) is 36.4 Å². The molecule has 0 atom stereocenters. The minimum absolute atomic E-state index is 0.153. The van der Waals surface area contributed by atoms with Gasteiger partial charge in [0, 0.05) is 10.9 Å². The highest BCUT2D eigenvalue weighted by molar-refractivity contribution is 7.93. The van der Waals surface area contributed by atoms with Gasteiger partial charge < -0.3 is 4.98 Å². The molecule has 0 aliphatic heterocycles. The Labute approximate surface area is 153 Å². The highest BCUT2D eigenvalue weighted by atomic mass is 32.2. The lowest BCUT2D eigenvalue weighted by atomic mass is 10.1. The Balaban J connectivity index is 1.69. The summed E-state index contributed by atoms with van der Waals surface area (Å²) in [6.45, 7) is 0. The van der Waals surface area contributed by atoms with E-state index in [1.165, 1.54) is 12.1 Å². The third kappa shape index (κ3) is 3.12. The number of thiazole rings is 1. The number of anilines is 1. The molecule has 0 saturated heterocycles. The molecule has 0 aliphatic carbocycles. The first-order chi connectivity index (χ1) is 12.5.